The first-order valence-corrected chi connectivity index (χ1v) is 10.3. The summed E-state index contributed by atoms with van der Waals surface area (Å²) in [6, 6.07) is 11.0. The van der Waals surface area contributed by atoms with Crippen molar-refractivity contribution in [3.8, 4) is 0 Å². The summed E-state index contributed by atoms with van der Waals surface area (Å²) in [5, 5.41) is 0. The summed E-state index contributed by atoms with van der Waals surface area (Å²) in [5.41, 5.74) is 1.47. The normalized spacial score (nSPS) is 25.9. The van der Waals surface area contributed by atoms with Crippen LogP contribution in [0.25, 0.3) is 0 Å². The minimum Gasteiger partial charge on any atom is -0.348 e. The largest absolute Gasteiger partial charge is 0.348 e. The van der Waals surface area contributed by atoms with Gasteiger partial charge in [0.05, 0.1) is 12.5 Å². The number of amides is 1. The molecule has 1 aromatic carbocycles. The Hall–Kier alpha value is -2.14. The number of H-pyrrole nitrogens is 1. The smallest absolute Gasteiger partial charge is 0.230 e. The van der Waals surface area contributed by atoms with Gasteiger partial charge in [-0.25, -0.2) is 4.98 Å². The number of aromatic amines is 1. The van der Waals surface area contributed by atoms with Crippen molar-refractivity contribution in [2.45, 2.75) is 50.6 Å². The van der Waals surface area contributed by atoms with Gasteiger partial charge in [0.15, 0.2) is 0 Å². The van der Waals surface area contributed by atoms with Gasteiger partial charge in [-0.05, 0) is 56.2 Å². The van der Waals surface area contributed by atoms with Crippen molar-refractivity contribution < 1.29 is 4.79 Å². The van der Waals surface area contributed by atoms with E-state index in [0.29, 0.717) is 11.9 Å². The molecule has 0 unspecified atom stereocenters. The second-order valence-corrected chi connectivity index (χ2v) is 8.68. The highest BCUT2D eigenvalue weighted by Gasteiger charge is 2.49. The Balaban J connectivity index is 1.33. The Morgan fingerprint density at radius 3 is 2.59 bits per heavy atom. The maximum absolute atomic E-state index is 13.2. The quantitative estimate of drug-likeness (QED) is 0.907. The van der Waals surface area contributed by atoms with Gasteiger partial charge >= 0.3 is 0 Å². The Labute approximate surface area is 160 Å². The molecule has 2 saturated heterocycles. The lowest BCUT2D eigenvalue weighted by atomic mass is 9.67. The predicted octanol–water partition coefficient (Wildman–Crippen LogP) is 3.17. The fraction of sp³-hybridized carbons (Fsp3) is 0.545. The van der Waals surface area contributed by atoms with Crippen LogP contribution in [-0.4, -0.2) is 51.4 Å². The van der Waals surface area contributed by atoms with Crippen LogP contribution in [0.3, 0.4) is 0 Å². The summed E-state index contributed by atoms with van der Waals surface area (Å²) in [6.45, 7) is 4.05. The van der Waals surface area contributed by atoms with Crippen molar-refractivity contribution in [1.82, 2.24) is 19.8 Å². The lowest BCUT2D eigenvalue weighted by Crippen LogP contribution is -2.54. The lowest BCUT2D eigenvalue weighted by Gasteiger charge is -2.50. The van der Waals surface area contributed by atoms with Crippen molar-refractivity contribution in [2.24, 2.45) is 5.41 Å². The molecular formula is C22H28N4O. The number of hydrogen-bond acceptors (Lipinski definition) is 3. The third-order valence-electron chi connectivity index (χ3n) is 6.76. The van der Waals surface area contributed by atoms with Crippen molar-refractivity contribution >= 4 is 5.91 Å². The van der Waals surface area contributed by atoms with E-state index >= 15 is 0 Å². The third kappa shape index (κ3) is 3.41. The van der Waals surface area contributed by atoms with E-state index in [2.05, 4.69) is 44.0 Å². The maximum atomic E-state index is 13.2. The standard InChI is InChI=1S/C22H28N4O/c27-21-19(17-4-2-1-3-5-17)14-22(16-26(21)18-6-7-18)8-12-25(13-9-22)15-20-23-10-11-24-20/h1-5,10-11,18-19H,6-9,12-16H2,(H,23,24)/t19-/m1/s1. The molecule has 27 heavy (non-hydrogen) atoms. The molecule has 0 radical (unpaired) electrons. The van der Waals surface area contributed by atoms with Crippen LogP contribution in [0.4, 0.5) is 0 Å². The van der Waals surface area contributed by atoms with Crippen LogP contribution in [0.1, 0.15) is 49.4 Å². The molecule has 1 spiro atoms. The Morgan fingerprint density at radius 2 is 1.93 bits per heavy atom. The first-order chi connectivity index (χ1) is 13.2. The SMILES string of the molecule is O=C1[C@@H](c2ccccc2)CC2(CCN(Cc3ncc[nH]3)CC2)CN1C1CC1. The molecule has 5 rings (SSSR count). The minimum absolute atomic E-state index is 0.0390. The topological polar surface area (TPSA) is 52.2 Å². The van der Waals surface area contributed by atoms with Gasteiger partial charge in [0.2, 0.25) is 5.91 Å². The van der Waals surface area contributed by atoms with Crippen LogP contribution < -0.4 is 0 Å². The summed E-state index contributed by atoms with van der Waals surface area (Å²) in [5.74, 6) is 1.45. The highest BCUT2D eigenvalue weighted by Crippen LogP contribution is 2.48. The molecule has 3 heterocycles. The van der Waals surface area contributed by atoms with Gasteiger partial charge in [-0.2, -0.15) is 0 Å². The van der Waals surface area contributed by atoms with Crippen LogP contribution in [0, 0.1) is 5.41 Å². The Bertz CT molecular complexity index is 776. The molecular weight excluding hydrogens is 336 g/mol. The van der Waals surface area contributed by atoms with Crippen LogP contribution in [0.2, 0.25) is 0 Å². The van der Waals surface area contributed by atoms with Crippen molar-refractivity contribution in [3.05, 3.63) is 54.1 Å². The highest BCUT2D eigenvalue weighted by atomic mass is 16.2. The van der Waals surface area contributed by atoms with Gasteiger partial charge in [0, 0.05) is 25.0 Å². The molecule has 1 saturated carbocycles. The molecule has 2 aromatic rings. The Kier molecular flexibility index (Phi) is 4.27. The summed E-state index contributed by atoms with van der Waals surface area (Å²) < 4.78 is 0. The van der Waals surface area contributed by atoms with Crippen molar-refractivity contribution in [1.29, 1.82) is 0 Å². The zero-order chi connectivity index (χ0) is 18.3. The minimum atomic E-state index is 0.0390. The molecule has 5 nitrogen and oxygen atoms in total. The van der Waals surface area contributed by atoms with E-state index in [1.54, 1.807) is 0 Å². The van der Waals surface area contributed by atoms with Gasteiger partial charge in [-0.3, -0.25) is 9.69 Å². The second-order valence-electron chi connectivity index (χ2n) is 8.68. The highest BCUT2D eigenvalue weighted by molar-refractivity contribution is 5.85. The van der Waals surface area contributed by atoms with Gasteiger partial charge in [-0.15, -0.1) is 0 Å². The van der Waals surface area contributed by atoms with Gasteiger partial charge in [0.25, 0.3) is 0 Å². The molecule has 1 N–H and O–H groups in total. The maximum Gasteiger partial charge on any atom is 0.230 e. The summed E-state index contributed by atoms with van der Waals surface area (Å²) >= 11 is 0. The van der Waals surface area contributed by atoms with Gasteiger partial charge in [-0.1, -0.05) is 30.3 Å². The number of imidazole rings is 1. The summed E-state index contributed by atoms with van der Waals surface area (Å²) in [4.78, 5) is 25.5. The number of piperidine rings is 2. The monoisotopic (exact) mass is 364 g/mol. The van der Waals surface area contributed by atoms with Gasteiger partial charge in [0.1, 0.15) is 5.82 Å². The number of carbonyl (C=O) groups excluding carboxylic acids is 1. The van der Waals surface area contributed by atoms with E-state index in [4.69, 9.17) is 0 Å². The zero-order valence-corrected chi connectivity index (χ0v) is 15.8. The number of rotatable bonds is 4. The fourth-order valence-corrected chi connectivity index (χ4v) is 5.01. The second kappa shape index (κ2) is 6.79. The molecule has 1 amide bonds. The molecule has 1 atom stereocenters. The van der Waals surface area contributed by atoms with E-state index < -0.39 is 0 Å². The molecule has 5 heteroatoms. The third-order valence-corrected chi connectivity index (χ3v) is 6.76. The molecule has 3 aliphatic rings. The van der Waals surface area contributed by atoms with Crippen LogP contribution in [-0.2, 0) is 11.3 Å². The number of aromatic nitrogens is 2. The van der Waals surface area contributed by atoms with Crippen molar-refractivity contribution in [3.63, 3.8) is 0 Å². The molecule has 142 valence electrons. The molecule has 1 aromatic heterocycles. The summed E-state index contributed by atoms with van der Waals surface area (Å²) in [6.07, 6.45) is 9.45. The average Bonchev–Trinajstić information content (AvgIpc) is 3.43. The number of nitrogens with one attached hydrogen (secondary N) is 1. The number of nitrogens with zero attached hydrogens (tertiary/aromatic N) is 3. The predicted molar refractivity (Wildman–Crippen MR) is 104 cm³/mol. The first-order valence-electron chi connectivity index (χ1n) is 10.3. The molecule has 3 fully saturated rings. The van der Waals surface area contributed by atoms with E-state index in [1.807, 2.05) is 18.5 Å². The number of carbonyl (C=O) groups is 1. The number of hydrogen-bond donors (Lipinski definition) is 1. The Morgan fingerprint density at radius 1 is 1.15 bits per heavy atom. The van der Waals surface area contributed by atoms with Crippen LogP contribution in [0.5, 0.6) is 0 Å². The molecule has 2 aliphatic heterocycles. The van der Waals surface area contributed by atoms with E-state index in [1.165, 1.54) is 31.2 Å². The number of likely N-dealkylation sites (tertiary alicyclic amines) is 2. The van der Waals surface area contributed by atoms with Crippen molar-refractivity contribution in [2.75, 3.05) is 19.6 Å². The lowest BCUT2D eigenvalue weighted by molar-refractivity contribution is -0.142. The van der Waals surface area contributed by atoms with E-state index in [9.17, 15) is 4.79 Å². The zero-order valence-electron chi connectivity index (χ0n) is 15.8. The first kappa shape index (κ1) is 17.0. The van der Waals surface area contributed by atoms with Crippen LogP contribution >= 0.6 is 0 Å². The average molecular weight is 364 g/mol. The van der Waals surface area contributed by atoms with Crippen LogP contribution in [0.15, 0.2) is 42.7 Å². The molecule has 1 aliphatic carbocycles. The van der Waals surface area contributed by atoms with Gasteiger partial charge < -0.3 is 9.88 Å². The van der Waals surface area contributed by atoms with E-state index in [0.717, 1.165) is 38.4 Å². The number of benzene rings is 1. The van der Waals surface area contributed by atoms with E-state index in [-0.39, 0.29) is 11.3 Å². The fourth-order valence-electron chi connectivity index (χ4n) is 5.01. The molecule has 0 bridgehead atoms. The summed E-state index contributed by atoms with van der Waals surface area (Å²) in [7, 11) is 0.